The molecule has 0 N–H and O–H groups in total. The fourth-order valence-electron chi connectivity index (χ4n) is 2.43. The van der Waals surface area contributed by atoms with Crippen molar-refractivity contribution in [2.24, 2.45) is 5.41 Å². The molecule has 1 aromatic carbocycles. The van der Waals surface area contributed by atoms with Crippen LogP contribution in [0.3, 0.4) is 0 Å². The molecule has 1 aliphatic heterocycles. The van der Waals surface area contributed by atoms with E-state index in [4.69, 9.17) is 4.74 Å². The lowest BCUT2D eigenvalue weighted by Crippen LogP contribution is -2.42. The van der Waals surface area contributed by atoms with Gasteiger partial charge < -0.3 is 14.5 Å². The Bertz CT molecular complexity index is 522. The molecule has 0 unspecified atom stereocenters. The molecule has 5 nitrogen and oxygen atoms in total. The first kappa shape index (κ1) is 16.3. The molecule has 1 saturated heterocycles. The summed E-state index contributed by atoms with van der Waals surface area (Å²) in [7, 11) is 0. The normalized spacial score (nSPS) is 16.1. The van der Waals surface area contributed by atoms with Crippen LogP contribution in [-0.2, 0) is 4.79 Å². The second-order valence-corrected chi connectivity index (χ2v) is 6.56. The molecule has 0 bridgehead atoms. The van der Waals surface area contributed by atoms with Gasteiger partial charge >= 0.3 is 6.09 Å². The van der Waals surface area contributed by atoms with Gasteiger partial charge in [-0.15, -0.1) is 0 Å². The predicted octanol–water partition coefficient (Wildman–Crippen LogP) is 2.77. The maximum Gasteiger partial charge on any atom is 0.415 e. The van der Waals surface area contributed by atoms with E-state index >= 15 is 0 Å². The maximum atomic E-state index is 12.3. The Morgan fingerprint density at radius 2 is 1.55 bits per heavy atom. The molecular formula is C17H24N2O3. The second kappa shape index (κ2) is 6.81. The number of hydrogen-bond donors (Lipinski definition) is 0. The first-order chi connectivity index (χ1) is 10.4. The number of carbonyl (C=O) groups excluding carboxylic acids is 2. The van der Waals surface area contributed by atoms with Crippen molar-refractivity contribution < 1.29 is 14.3 Å². The molecule has 0 spiro atoms. The van der Waals surface area contributed by atoms with Crippen molar-refractivity contribution >= 4 is 12.0 Å². The van der Waals surface area contributed by atoms with Gasteiger partial charge in [-0.1, -0.05) is 39.0 Å². The summed E-state index contributed by atoms with van der Waals surface area (Å²) in [5, 5.41) is 0. The molecule has 2 amide bonds. The van der Waals surface area contributed by atoms with Crippen LogP contribution in [0.2, 0.25) is 0 Å². The zero-order valence-electron chi connectivity index (χ0n) is 13.5. The number of carbonyl (C=O) groups is 2. The third-order valence-electron chi connectivity index (χ3n) is 3.63. The number of hydrogen-bond acceptors (Lipinski definition) is 3. The first-order valence-corrected chi connectivity index (χ1v) is 7.69. The van der Waals surface area contributed by atoms with Crippen LogP contribution in [0.1, 0.15) is 27.2 Å². The Morgan fingerprint density at radius 3 is 2.18 bits per heavy atom. The maximum absolute atomic E-state index is 12.3. The Labute approximate surface area is 131 Å². The van der Waals surface area contributed by atoms with E-state index in [1.165, 1.54) is 0 Å². The summed E-state index contributed by atoms with van der Waals surface area (Å²) in [5.74, 6) is 0.671. The highest BCUT2D eigenvalue weighted by molar-refractivity contribution is 5.81. The molecule has 1 aromatic rings. The Hall–Kier alpha value is -2.04. The number of rotatable bonds is 1. The minimum absolute atomic E-state index is 0.130. The quantitative estimate of drug-likeness (QED) is 0.801. The lowest BCUT2D eigenvalue weighted by Gasteiger charge is -2.28. The SMILES string of the molecule is CC(C)(C)C(=O)N1CCCN(C(=O)Oc2ccccc2)CC1. The molecule has 0 radical (unpaired) electrons. The van der Waals surface area contributed by atoms with E-state index in [0.29, 0.717) is 31.9 Å². The smallest absolute Gasteiger partial charge is 0.410 e. The molecule has 120 valence electrons. The average molecular weight is 304 g/mol. The van der Waals surface area contributed by atoms with Gasteiger partial charge in [0, 0.05) is 31.6 Å². The van der Waals surface area contributed by atoms with E-state index in [-0.39, 0.29) is 17.4 Å². The summed E-state index contributed by atoms with van der Waals surface area (Å²) < 4.78 is 5.36. The monoisotopic (exact) mass is 304 g/mol. The lowest BCUT2D eigenvalue weighted by molar-refractivity contribution is -0.139. The summed E-state index contributed by atoms with van der Waals surface area (Å²) in [6, 6.07) is 9.04. The zero-order valence-corrected chi connectivity index (χ0v) is 13.5. The molecule has 1 heterocycles. The van der Waals surface area contributed by atoms with Crippen molar-refractivity contribution in [2.45, 2.75) is 27.2 Å². The fourth-order valence-corrected chi connectivity index (χ4v) is 2.43. The minimum Gasteiger partial charge on any atom is -0.410 e. The average Bonchev–Trinajstić information content (AvgIpc) is 2.72. The largest absolute Gasteiger partial charge is 0.415 e. The van der Waals surface area contributed by atoms with Crippen LogP contribution in [0.25, 0.3) is 0 Å². The summed E-state index contributed by atoms with van der Waals surface area (Å²) in [5.41, 5.74) is -0.389. The molecule has 22 heavy (non-hydrogen) atoms. The summed E-state index contributed by atoms with van der Waals surface area (Å²) in [6.07, 6.45) is 0.419. The summed E-state index contributed by atoms with van der Waals surface area (Å²) >= 11 is 0. The highest BCUT2D eigenvalue weighted by Crippen LogP contribution is 2.19. The molecular weight excluding hydrogens is 280 g/mol. The van der Waals surface area contributed by atoms with Gasteiger partial charge in [0.25, 0.3) is 0 Å². The highest BCUT2D eigenvalue weighted by atomic mass is 16.6. The van der Waals surface area contributed by atoms with Gasteiger partial charge in [-0.3, -0.25) is 4.79 Å². The third kappa shape index (κ3) is 4.23. The van der Waals surface area contributed by atoms with Gasteiger partial charge in [-0.25, -0.2) is 4.79 Å². The molecule has 2 rings (SSSR count). The van der Waals surface area contributed by atoms with Crippen LogP contribution in [0.5, 0.6) is 5.75 Å². The minimum atomic E-state index is -0.389. The van der Waals surface area contributed by atoms with Gasteiger partial charge in [0.05, 0.1) is 0 Å². The van der Waals surface area contributed by atoms with Gasteiger partial charge in [0.2, 0.25) is 5.91 Å². The van der Waals surface area contributed by atoms with E-state index in [0.717, 1.165) is 6.42 Å². The number of para-hydroxylation sites is 1. The molecule has 0 atom stereocenters. The Kier molecular flexibility index (Phi) is 5.06. The first-order valence-electron chi connectivity index (χ1n) is 7.69. The van der Waals surface area contributed by atoms with Gasteiger partial charge in [0.1, 0.15) is 5.75 Å². The number of nitrogens with zero attached hydrogens (tertiary/aromatic N) is 2. The Morgan fingerprint density at radius 1 is 0.955 bits per heavy atom. The van der Waals surface area contributed by atoms with Crippen molar-refractivity contribution in [1.29, 1.82) is 0 Å². The molecule has 0 aliphatic carbocycles. The lowest BCUT2D eigenvalue weighted by atomic mass is 9.94. The zero-order chi connectivity index (χ0) is 16.2. The predicted molar refractivity (Wildman–Crippen MR) is 84.7 cm³/mol. The molecule has 0 aromatic heterocycles. The molecule has 0 saturated carbocycles. The van der Waals surface area contributed by atoms with Crippen molar-refractivity contribution in [1.82, 2.24) is 9.80 Å². The molecule has 1 fully saturated rings. The van der Waals surface area contributed by atoms with Crippen LogP contribution < -0.4 is 4.74 Å². The standard InChI is InChI=1S/C17H24N2O3/c1-17(2,3)15(20)18-10-7-11-19(13-12-18)16(21)22-14-8-5-4-6-9-14/h4-6,8-9H,7,10-13H2,1-3H3. The van der Waals surface area contributed by atoms with Crippen molar-refractivity contribution in [2.75, 3.05) is 26.2 Å². The number of ether oxygens (including phenoxy) is 1. The fraction of sp³-hybridized carbons (Fsp3) is 0.529. The summed E-state index contributed by atoms with van der Waals surface area (Å²) in [4.78, 5) is 28.0. The number of amides is 2. The third-order valence-corrected chi connectivity index (χ3v) is 3.63. The van der Waals surface area contributed by atoms with Gasteiger partial charge in [-0.05, 0) is 18.6 Å². The van der Waals surface area contributed by atoms with Crippen LogP contribution in [-0.4, -0.2) is 48.0 Å². The van der Waals surface area contributed by atoms with Crippen LogP contribution >= 0.6 is 0 Å². The van der Waals surface area contributed by atoms with Crippen molar-refractivity contribution in [3.8, 4) is 5.75 Å². The van der Waals surface area contributed by atoms with Crippen LogP contribution in [0, 0.1) is 5.41 Å². The summed E-state index contributed by atoms with van der Waals surface area (Å²) in [6.45, 7) is 8.11. The molecule has 1 aliphatic rings. The van der Waals surface area contributed by atoms with Gasteiger partial charge in [-0.2, -0.15) is 0 Å². The Balaban J connectivity index is 1.93. The molecule has 5 heteroatoms. The highest BCUT2D eigenvalue weighted by Gasteiger charge is 2.29. The van der Waals surface area contributed by atoms with Crippen LogP contribution in [0.15, 0.2) is 30.3 Å². The van der Waals surface area contributed by atoms with E-state index in [1.807, 2.05) is 43.9 Å². The van der Waals surface area contributed by atoms with E-state index in [2.05, 4.69) is 0 Å². The topological polar surface area (TPSA) is 49.9 Å². The van der Waals surface area contributed by atoms with E-state index in [9.17, 15) is 9.59 Å². The number of benzene rings is 1. The van der Waals surface area contributed by atoms with E-state index in [1.54, 1.807) is 17.0 Å². The second-order valence-electron chi connectivity index (χ2n) is 6.56. The van der Waals surface area contributed by atoms with Gasteiger partial charge in [0.15, 0.2) is 0 Å². The van der Waals surface area contributed by atoms with Crippen molar-refractivity contribution in [3.63, 3.8) is 0 Å². The van der Waals surface area contributed by atoms with Crippen molar-refractivity contribution in [3.05, 3.63) is 30.3 Å². The van der Waals surface area contributed by atoms with Crippen LogP contribution in [0.4, 0.5) is 4.79 Å². The van der Waals surface area contributed by atoms with E-state index < -0.39 is 0 Å².